The Balaban J connectivity index is 1.18. The average Bonchev–Trinajstić information content (AvgIpc) is 3.19. The van der Waals surface area contributed by atoms with Crippen LogP contribution in [0.15, 0.2) is 41.1 Å². The Morgan fingerprint density at radius 3 is 2.83 bits per heavy atom. The second-order valence-electron chi connectivity index (χ2n) is 7.85. The molecule has 2 aliphatic rings. The molecule has 6 nitrogen and oxygen atoms in total. The van der Waals surface area contributed by atoms with Crippen molar-refractivity contribution in [3.63, 3.8) is 0 Å². The topological polar surface area (TPSA) is 62.5 Å². The number of carbonyl (C=O) groups is 1. The number of rotatable bonds is 4. The molecule has 0 spiro atoms. The molecule has 2 aliphatic heterocycles. The lowest BCUT2D eigenvalue weighted by molar-refractivity contribution is 0.0703. The van der Waals surface area contributed by atoms with E-state index >= 15 is 0 Å². The predicted octanol–water partition coefficient (Wildman–Crippen LogP) is 3.24. The van der Waals surface area contributed by atoms with E-state index in [1.165, 1.54) is 6.07 Å². The summed E-state index contributed by atoms with van der Waals surface area (Å²) in [5.74, 6) is -0.0259. The summed E-state index contributed by atoms with van der Waals surface area (Å²) in [6.07, 6.45) is 4.37. The maximum absolute atomic E-state index is 14.2. The molecule has 0 bridgehead atoms. The second kappa shape index (κ2) is 7.55. The van der Waals surface area contributed by atoms with Gasteiger partial charge in [-0.3, -0.25) is 9.78 Å². The molecule has 4 heterocycles. The molecular formula is C22H23FN4O2. The highest BCUT2D eigenvalue weighted by Gasteiger charge is 2.28. The highest BCUT2D eigenvalue weighted by molar-refractivity contribution is 5.94. The maximum atomic E-state index is 14.2. The molecule has 1 amide bonds. The normalized spacial score (nSPS) is 18.4. The Hall–Kier alpha value is -2.80. The van der Waals surface area contributed by atoms with Gasteiger partial charge in [-0.15, -0.1) is 0 Å². The molecule has 0 aliphatic carbocycles. The van der Waals surface area contributed by atoms with Gasteiger partial charge in [0.15, 0.2) is 5.58 Å². The third-order valence-electron chi connectivity index (χ3n) is 6.17. The summed E-state index contributed by atoms with van der Waals surface area (Å²) in [7, 11) is 0. The number of halogens is 1. The fourth-order valence-corrected chi connectivity index (χ4v) is 4.50. The monoisotopic (exact) mass is 394 g/mol. The van der Waals surface area contributed by atoms with E-state index in [-0.39, 0.29) is 17.6 Å². The van der Waals surface area contributed by atoms with E-state index in [0.717, 1.165) is 56.7 Å². The minimum Gasteiger partial charge on any atom is -0.356 e. The highest BCUT2D eigenvalue weighted by Crippen LogP contribution is 2.33. The lowest BCUT2D eigenvalue weighted by atomic mass is 9.91. The van der Waals surface area contributed by atoms with Crippen LogP contribution in [0.4, 0.5) is 4.39 Å². The summed E-state index contributed by atoms with van der Waals surface area (Å²) in [5.41, 5.74) is 2.89. The number of carbonyl (C=O) groups excluding carboxylic acids is 1. The number of fused-ring (bicyclic) bond motifs is 2. The van der Waals surface area contributed by atoms with E-state index in [4.69, 9.17) is 4.52 Å². The van der Waals surface area contributed by atoms with Gasteiger partial charge < -0.3 is 14.3 Å². The molecular weight excluding hydrogens is 371 g/mol. The van der Waals surface area contributed by atoms with E-state index in [0.29, 0.717) is 23.2 Å². The van der Waals surface area contributed by atoms with Crippen LogP contribution in [0.1, 0.15) is 40.5 Å². The molecule has 1 fully saturated rings. The van der Waals surface area contributed by atoms with Crippen molar-refractivity contribution in [1.82, 2.24) is 19.9 Å². The summed E-state index contributed by atoms with van der Waals surface area (Å²) in [6.45, 7) is 4.11. The summed E-state index contributed by atoms with van der Waals surface area (Å²) >= 11 is 0. The molecule has 0 N–H and O–H groups in total. The zero-order chi connectivity index (χ0) is 19.8. The van der Waals surface area contributed by atoms with Crippen LogP contribution in [-0.2, 0) is 6.42 Å². The summed E-state index contributed by atoms with van der Waals surface area (Å²) in [6, 6.07) is 8.73. The lowest BCUT2D eigenvalue weighted by Crippen LogP contribution is -2.44. The molecule has 1 aromatic carbocycles. The van der Waals surface area contributed by atoms with Crippen LogP contribution in [0.2, 0.25) is 0 Å². The molecule has 150 valence electrons. The van der Waals surface area contributed by atoms with Crippen LogP contribution in [0.3, 0.4) is 0 Å². The summed E-state index contributed by atoms with van der Waals surface area (Å²) in [4.78, 5) is 21.2. The van der Waals surface area contributed by atoms with Gasteiger partial charge in [0.2, 0.25) is 0 Å². The third kappa shape index (κ3) is 3.40. The van der Waals surface area contributed by atoms with Gasteiger partial charge in [-0.2, -0.15) is 0 Å². The standard InChI is InChI=1S/C22H23FN4O2/c23-17-4-1-5-18-19(17)20(25-29-18)16-6-10-26(11-7-16)13-14-27-12-8-15-3-2-9-24-21(15)22(27)28/h1-5,9,16H,6-8,10-14H2. The molecule has 1 saturated heterocycles. The van der Waals surface area contributed by atoms with Crippen molar-refractivity contribution in [2.24, 2.45) is 0 Å². The van der Waals surface area contributed by atoms with E-state index in [9.17, 15) is 9.18 Å². The fraction of sp³-hybridized carbons (Fsp3) is 0.409. The van der Waals surface area contributed by atoms with Gasteiger partial charge in [-0.25, -0.2) is 4.39 Å². The number of piperidine rings is 1. The van der Waals surface area contributed by atoms with E-state index in [2.05, 4.69) is 15.0 Å². The van der Waals surface area contributed by atoms with Crippen LogP contribution in [-0.4, -0.2) is 58.6 Å². The number of hydrogen-bond donors (Lipinski definition) is 0. The van der Waals surface area contributed by atoms with Crippen LogP contribution in [0.25, 0.3) is 11.0 Å². The lowest BCUT2D eigenvalue weighted by Gasteiger charge is -2.34. The van der Waals surface area contributed by atoms with Crippen molar-refractivity contribution < 1.29 is 13.7 Å². The van der Waals surface area contributed by atoms with Gasteiger partial charge in [0.25, 0.3) is 5.91 Å². The van der Waals surface area contributed by atoms with Gasteiger partial charge in [-0.05, 0) is 56.1 Å². The van der Waals surface area contributed by atoms with Crippen molar-refractivity contribution in [3.8, 4) is 0 Å². The Bertz CT molecular complexity index is 1040. The first kappa shape index (κ1) is 18.2. The number of nitrogens with zero attached hydrogens (tertiary/aromatic N) is 4. The Morgan fingerprint density at radius 2 is 1.97 bits per heavy atom. The van der Waals surface area contributed by atoms with Gasteiger partial charge >= 0.3 is 0 Å². The SMILES string of the molecule is O=C1c2ncccc2CCN1CCN1CCC(c2noc3cccc(F)c23)CC1. The second-order valence-corrected chi connectivity index (χ2v) is 7.85. The maximum Gasteiger partial charge on any atom is 0.272 e. The quantitative estimate of drug-likeness (QED) is 0.680. The summed E-state index contributed by atoms with van der Waals surface area (Å²) < 4.78 is 19.6. The number of benzene rings is 1. The fourth-order valence-electron chi connectivity index (χ4n) is 4.50. The van der Waals surface area contributed by atoms with Gasteiger partial charge in [-0.1, -0.05) is 17.3 Å². The smallest absolute Gasteiger partial charge is 0.272 e. The molecule has 0 atom stereocenters. The minimum absolute atomic E-state index is 0.0336. The van der Waals surface area contributed by atoms with Crippen molar-refractivity contribution >= 4 is 16.9 Å². The molecule has 7 heteroatoms. The van der Waals surface area contributed by atoms with Crippen LogP contribution in [0, 0.1) is 5.82 Å². The predicted molar refractivity (Wildman–Crippen MR) is 106 cm³/mol. The molecule has 2 aromatic heterocycles. The first-order chi connectivity index (χ1) is 14.2. The zero-order valence-corrected chi connectivity index (χ0v) is 16.2. The van der Waals surface area contributed by atoms with E-state index in [1.807, 2.05) is 17.0 Å². The van der Waals surface area contributed by atoms with E-state index in [1.54, 1.807) is 18.3 Å². The molecule has 0 saturated carbocycles. The number of hydrogen-bond acceptors (Lipinski definition) is 5. The number of amides is 1. The van der Waals surface area contributed by atoms with Gasteiger partial charge in [0, 0.05) is 31.7 Å². The first-order valence-corrected chi connectivity index (χ1v) is 10.2. The first-order valence-electron chi connectivity index (χ1n) is 10.2. The molecule has 0 radical (unpaired) electrons. The third-order valence-corrected chi connectivity index (χ3v) is 6.17. The van der Waals surface area contributed by atoms with Crippen molar-refractivity contribution in [1.29, 1.82) is 0 Å². The van der Waals surface area contributed by atoms with Crippen molar-refractivity contribution in [3.05, 3.63) is 59.3 Å². The summed E-state index contributed by atoms with van der Waals surface area (Å²) in [5, 5.41) is 4.69. The van der Waals surface area contributed by atoms with Gasteiger partial charge in [0.1, 0.15) is 11.5 Å². The van der Waals surface area contributed by atoms with Crippen molar-refractivity contribution in [2.75, 3.05) is 32.7 Å². The zero-order valence-electron chi connectivity index (χ0n) is 16.2. The molecule has 3 aromatic rings. The molecule has 0 unspecified atom stereocenters. The number of likely N-dealkylation sites (tertiary alicyclic amines) is 1. The van der Waals surface area contributed by atoms with Crippen LogP contribution < -0.4 is 0 Å². The molecule has 29 heavy (non-hydrogen) atoms. The number of pyridine rings is 1. The average molecular weight is 394 g/mol. The Morgan fingerprint density at radius 1 is 1.10 bits per heavy atom. The Kier molecular flexibility index (Phi) is 4.75. The van der Waals surface area contributed by atoms with E-state index < -0.39 is 0 Å². The highest BCUT2D eigenvalue weighted by atomic mass is 19.1. The Labute approximate surface area is 168 Å². The van der Waals surface area contributed by atoms with Crippen LogP contribution >= 0.6 is 0 Å². The van der Waals surface area contributed by atoms with Crippen LogP contribution in [0.5, 0.6) is 0 Å². The molecule has 5 rings (SSSR count). The van der Waals surface area contributed by atoms with Gasteiger partial charge in [0.05, 0.1) is 11.1 Å². The number of aromatic nitrogens is 2. The van der Waals surface area contributed by atoms with Crippen molar-refractivity contribution in [2.45, 2.75) is 25.2 Å². The minimum atomic E-state index is -0.265. The largest absolute Gasteiger partial charge is 0.356 e.